The van der Waals surface area contributed by atoms with E-state index < -0.39 is 11.7 Å². The number of hydrogen-bond acceptors (Lipinski definition) is 5. The number of primary amides is 1. The van der Waals surface area contributed by atoms with E-state index in [1.54, 1.807) is 13.8 Å². The Balaban J connectivity index is 2.81. The molecule has 1 rings (SSSR count). The molecule has 0 radical (unpaired) electrons. The van der Waals surface area contributed by atoms with Crippen molar-refractivity contribution in [3.63, 3.8) is 0 Å². The molecule has 72 valence electrons. The quantitative estimate of drug-likeness (QED) is 0.743. The lowest BCUT2D eigenvalue weighted by Gasteiger charge is -2.12. The van der Waals surface area contributed by atoms with Crippen molar-refractivity contribution < 1.29 is 14.6 Å². The third kappa shape index (κ3) is 2.67. The molecule has 0 aliphatic carbocycles. The van der Waals surface area contributed by atoms with Gasteiger partial charge in [0.2, 0.25) is 0 Å². The third-order valence-electron chi connectivity index (χ3n) is 1.28. The van der Waals surface area contributed by atoms with Gasteiger partial charge in [0.15, 0.2) is 0 Å². The first-order valence-corrected chi connectivity index (χ1v) is 4.37. The minimum absolute atomic E-state index is 0.143. The summed E-state index contributed by atoms with van der Waals surface area (Å²) >= 11 is 1.08. The molecule has 1 amide bonds. The molecule has 0 bridgehead atoms. The van der Waals surface area contributed by atoms with E-state index in [4.69, 9.17) is 5.73 Å². The Labute approximate surface area is 79.2 Å². The lowest BCUT2D eigenvalue weighted by Crippen LogP contribution is -2.16. The monoisotopic (exact) mass is 202 g/mol. The van der Waals surface area contributed by atoms with Crippen molar-refractivity contribution in [3.05, 3.63) is 11.1 Å². The van der Waals surface area contributed by atoms with E-state index in [-0.39, 0.29) is 5.19 Å². The van der Waals surface area contributed by atoms with Crippen LogP contribution in [-0.2, 0) is 5.60 Å². The standard InChI is InChI=1S/C7H10N2O3S/c1-7(2,11)4-3-9-6(13-4)12-5(8)10/h3,11H,1-2H3,(H2,8,10). The zero-order chi connectivity index (χ0) is 10.1. The number of nitrogens with two attached hydrogens (primary N) is 1. The number of rotatable bonds is 2. The summed E-state index contributed by atoms with van der Waals surface area (Å²) in [6.45, 7) is 3.24. The average molecular weight is 202 g/mol. The van der Waals surface area contributed by atoms with Crippen LogP contribution in [0.3, 0.4) is 0 Å². The Hall–Kier alpha value is -1.14. The van der Waals surface area contributed by atoms with Gasteiger partial charge in [-0.3, -0.25) is 0 Å². The molecule has 0 aliphatic rings. The molecule has 1 aromatic heterocycles. The predicted octanol–water partition coefficient (Wildman–Crippen LogP) is 0.828. The lowest BCUT2D eigenvalue weighted by molar-refractivity contribution is 0.0823. The summed E-state index contributed by atoms with van der Waals surface area (Å²) in [5.41, 5.74) is 3.81. The minimum Gasteiger partial charge on any atom is -0.385 e. The van der Waals surface area contributed by atoms with Gasteiger partial charge in [-0.25, -0.2) is 9.78 Å². The number of thiazole rings is 1. The molecule has 0 atom stereocenters. The van der Waals surface area contributed by atoms with Gasteiger partial charge in [-0.2, -0.15) is 0 Å². The second-order valence-electron chi connectivity index (χ2n) is 2.97. The van der Waals surface area contributed by atoms with Crippen molar-refractivity contribution in [2.75, 3.05) is 0 Å². The number of hydrogen-bond donors (Lipinski definition) is 2. The molecule has 1 heterocycles. The van der Waals surface area contributed by atoms with E-state index in [0.717, 1.165) is 11.3 Å². The number of aromatic nitrogens is 1. The van der Waals surface area contributed by atoms with Crippen molar-refractivity contribution >= 4 is 17.4 Å². The highest BCUT2D eigenvalue weighted by molar-refractivity contribution is 7.13. The fraction of sp³-hybridized carbons (Fsp3) is 0.429. The second kappa shape index (κ2) is 3.31. The maximum atomic E-state index is 10.3. The fourth-order valence-corrected chi connectivity index (χ4v) is 1.45. The van der Waals surface area contributed by atoms with Gasteiger partial charge in [0.05, 0.1) is 10.5 Å². The number of ether oxygens (including phenoxy) is 1. The van der Waals surface area contributed by atoms with Crippen LogP contribution in [0.25, 0.3) is 0 Å². The fourth-order valence-electron chi connectivity index (χ4n) is 0.674. The van der Waals surface area contributed by atoms with Crippen LogP contribution in [0.4, 0.5) is 4.79 Å². The average Bonchev–Trinajstić information content (AvgIpc) is 2.32. The van der Waals surface area contributed by atoms with E-state index in [1.165, 1.54) is 6.20 Å². The first kappa shape index (κ1) is 9.94. The van der Waals surface area contributed by atoms with Crippen LogP contribution in [0, 0.1) is 0 Å². The summed E-state index contributed by atoms with van der Waals surface area (Å²) in [6.07, 6.45) is 0.541. The van der Waals surface area contributed by atoms with Crippen LogP contribution in [0.15, 0.2) is 6.20 Å². The van der Waals surface area contributed by atoms with Gasteiger partial charge in [-0.05, 0) is 13.8 Å². The maximum absolute atomic E-state index is 10.3. The zero-order valence-electron chi connectivity index (χ0n) is 7.27. The number of carbonyl (C=O) groups is 1. The Morgan fingerprint density at radius 1 is 1.77 bits per heavy atom. The molecule has 0 aliphatic heterocycles. The molecule has 13 heavy (non-hydrogen) atoms. The Morgan fingerprint density at radius 3 is 2.77 bits per heavy atom. The highest BCUT2D eigenvalue weighted by Gasteiger charge is 2.20. The van der Waals surface area contributed by atoms with Crippen molar-refractivity contribution in [3.8, 4) is 5.19 Å². The van der Waals surface area contributed by atoms with Gasteiger partial charge in [0.25, 0.3) is 5.19 Å². The number of amides is 1. The summed E-state index contributed by atoms with van der Waals surface area (Å²) in [5, 5.41) is 9.68. The van der Waals surface area contributed by atoms with E-state index in [1.807, 2.05) is 0 Å². The van der Waals surface area contributed by atoms with Crippen molar-refractivity contribution in [1.29, 1.82) is 0 Å². The van der Waals surface area contributed by atoms with Crippen molar-refractivity contribution in [1.82, 2.24) is 4.98 Å². The molecule has 3 N–H and O–H groups in total. The zero-order valence-corrected chi connectivity index (χ0v) is 8.09. The Kier molecular flexibility index (Phi) is 2.53. The Morgan fingerprint density at radius 2 is 2.38 bits per heavy atom. The largest absolute Gasteiger partial charge is 0.411 e. The molecule has 5 nitrogen and oxygen atoms in total. The molecule has 0 fully saturated rings. The summed E-state index contributed by atoms with van der Waals surface area (Å²) in [7, 11) is 0. The van der Waals surface area contributed by atoms with Crippen LogP contribution in [0.1, 0.15) is 18.7 Å². The van der Waals surface area contributed by atoms with Gasteiger partial charge in [0, 0.05) is 6.20 Å². The first-order chi connectivity index (χ1) is 5.89. The molecule has 0 saturated carbocycles. The summed E-state index contributed by atoms with van der Waals surface area (Å²) in [5.74, 6) is 0. The minimum atomic E-state index is -0.975. The molecule has 0 saturated heterocycles. The molecule has 0 unspecified atom stereocenters. The van der Waals surface area contributed by atoms with Crippen molar-refractivity contribution in [2.45, 2.75) is 19.4 Å². The van der Waals surface area contributed by atoms with Crippen LogP contribution in [0.5, 0.6) is 5.19 Å². The third-order valence-corrected chi connectivity index (χ3v) is 2.46. The summed E-state index contributed by atoms with van der Waals surface area (Å²) in [6, 6.07) is 0. The van der Waals surface area contributed by atoms with Gasteiger partial charge >= 0.3 is 6.09 Å². The molecule has 1 aromatic rings. The van der Waals surface area contributed by atoms with Gasteiger partial charge in [0.1, 0.15) is 0 Å². The molecular weight excluding hydrogens is 192 g/mol. The van der Waals surface area contributed by atoms with Gasteiger partial charge in [-0.1, -0.05) is 11.3 Å². The topological polar surface area (TPSA) is 85.4 Å². The normalized spacial score (nSPS) is 11.3. The lowest BCUT2D eigenvalue weighted by atomic mass is 10.1. The van der Waals surface area contributed by atoms with E-state index in [9.17, 15) is 9.90 Å². The highest BCUT2D eigenvalue weighted by atomic mass is 32.1. The first-order valence-electron chi connectivity index (χ1n) is 3.55. The molecular formula is C7H10N2O3S. The highest BCUT2D eigenvalue weighted by Crippen LogP contribution is 2.29. The molecule has 0 spiro atoms. The van der Waals surface area contributed by atoms with Crippen LogP contribution in [0.2, 0.25) is 0 Å². The molecule has 0 aromatic carbocycles. The number of nitrogens with zero attached hydrogens (tertiary/aromatic N) is 1. The van der Waals surface area contributed by atoms with Crippen LogP contribution in [-0.4, -0.2) is 16.2 Å². The van der Waals surface area contributed by atoms with E-state index in [2.05, 4.69) is 9.72 Å². The second-order valence-corrected chi connectivity index (χ2v) is 3.96. The van der Waals surface area contributed by atoms with Crippen molar-refractivity contribution in [2.24, 2.45) is 5.73 Å². The maximum Gasteiger partial charge on any atom is 0.411 e. The predicted molar refractivity (Wildman–Crippen MR) is 47.6 cm³/mol. The number of aliphatic hydroxyl groups is 1. The SMILES string of the molecule is CC(C)(O)c1cnc(OC(N)=O)s1. The smallest absolute Gasteiger partial charge is 0.385 e. The van der Waals surface area contributed by atoms with Gasteiger partial charge in [-0.15, -0.1) is 0 Å². The van der Waals surface area contributed by atoms with Gasteiger partial charge < -0.3 is 15.6 Å². The Bertz CT molecular complexity index is 316. The molecule has 6 heteroatoms. The number of carbonyl (C=O) groups excluding carboxylic acids is 1. The van der Waals surface area contributed by atoms with E-state index >= 15 is 0 Å². The van der Waals surface area contributed by atoms with Crippen LogP contribution >= 0.6 is 11.3 Å². The van der Waals surface area contributed by atoms with Crippen LogP contribution < -0.4 is 10.5 Å². The summed E-state index contributed by atoms with van der Waals surface area (Å²) < 4.78 is 4.53. The van der Waals surface area contributed by atoms with E-state index in [0.29, 0.717) is 4.88 Å². The summed E-state index contributed by atoms with van der Waals surface area (Å²) in [4.78, 5) is 14.7.